The van der Waals surface area contributed by atoms with Crippen molar-refractivity contribution in [2.75, 3.05) is 58.7 Å². The molecular formula is C17H24N6OS. The van der Waals surface area contributed by atoms with Gasteiger partial charge in [-0.25, -0.2) is 9.97 Å². The van der Waals surface area contributed by atoms with E-state index in [-0.39, 0.29) is 5.91 Å². The van der Waals surface area contributed by atoms with Gasteiger partial charge in [0, 0.05) is 52.5 Å². The molecule has 1 amide bonds. The number of amides is 1. The van der Waals surface area contributed by atoms with Crippen LogP contribution in [0.5, 0.6) is 0 Å². The summed E-state index contributed by atoms with van der Waals surface area (Å²) in [6.07, 6.45) is 1.71. The minimum Gasteiger partial charge on any atom is -0.357 e. The lowest BCUT2D eigenvalue weighted by Crippen LogP contribution is -2.46. The fourth-order valence-electron chi connectivity index (χ4n) is 2.70. The summed E-state index contributed by atoms with van der Waals surface area (Å²) in [5.74, 6) is 0.553. The smallest absolute Gasteiger partial charge is 0.261 e. The Morgan fingerprint density at radius 2 is 2.04 bits per heavy atom. The number of rotatable bonds is 6. The molecule has 0 aliphatic carbocycles. The molecule has 1 aliphatic heterocycles. The highest BCUT2D eigenvalue weighted by Crippen LogP contribution is 2.26. The number of thiophene rings is 1. The predicted octanol–water partition coefficient (Wildman–Crippen LogP) is 1.22. The molecule has 25 heavy (non-hydrogen) atoms. The van der Waals surface area contributed by atoms with Crippen molar-refractivity contribution < 1.29 is 4.79 Å². The van der Waals surface area contributed by atoms with Gasteiger partial charge in [0.2, 0.25) is 5.95 Å². The molecule has 0 bridgehead atoms. The van der Waals surface area contributed by atoms with Crippen LogP contribution in [0, 0.1) is 0 Å². The SMILES string of the molecule is CNc1nccc(-c2ccc(C(=O)NCCN3CCN(C)CC3)s2)n1. The zero-order chi connectivity index (χ0) is 17.6. The maximum Gasteiger partial charge on any atom is 0.261 e. The molecule has 0 saturated carbocycles. The van der Waals surface area contributed by atoms with Crippen molar-refractivity contribution in [2.24, 2.45) is 0 Å². The second-order valence-corrected chi connectivity index (χ2v) is 7.16. The van der Waals surface area contributed by atoms with Gasteiger partial charge in [-0.05, 0) is 25.2 Å². The first-order chi connectivity index (χ1) is 12.2. The molecule has 0 radical (unpaired) electrons. The van der Waals surface area contributed by atoms with Crippen LogP contribution in [0.1, 0.15) is 9.67 Å². The van der Waals surface area contributed by atoms with Crippen LogP contribution in [-0.2, 0) is 0 Å². The van der Waals surface area contributed by atoms with Gasteiger partial charge in [0.15, 0.2) is 0 Å². The molecule has 0 aromatic carbocycles. The number of carbonyl (C=O) groups excluding carboxylic acids is 1. The zero-order valence-corrected chi connectivity index (χ0v) is 15.5. The third kappa shape index (κ3) is 4.75. The first-order valence-electron chi connectivity index (χ1n) is 8.46. The van der Waals surface area contributed by atoms with E-state index in [4.69, 9.17) is 0 Å². The van der Waals surface area contributed by atoms with Gasteiger partial charge in [-0.2, -0.15) is 0 Å². The highest BCUT2D eigenvalue weighted by molar-refractivity contribution is 7.17. The van der Waals surface area contributed by atoms with E-state index in [2.05, 4.69) is 37.4 Å². The summed E-state index contributed by atoms with van der Waals surface area (Å²) in [6.45, 7) is 5.89. The molecule has 1 saturated heterocycles. The number of carbonyl (C=O) groups is 1. The van der Waals surface area contributed by atoms with E-state index >= 15 is 0 Å². The number of nitrogens with one attached hydrogen (secondary N) is 2. The van der Waals surface area contributed by atoms with Crippen molar-refractivity contribution in [2.45, 2.75) is 0 Å². The summed E-state index contributed by atoms with van der Waals surface area (Å²) >= 11 is 1.45. The van der Waals surface area contributed by atoms with Gasteiger partial charge in [0.05, 0.1) is 15.4 Å². The Labute approximate surface area is 152 Å². The fourth-order valence-corrected chi connectivity index (χ4v) is 3.59. The van der Waals surface area contributed by atoms with Crippen LogP contribution in [0.3, 0.4) is 0 Å². The largest absolute Gasteiger partial charge is 0.357 e. The number of aromatic nitrogens is 2. The van der Waals surface area contributed by atoms with Crippen molar-refractivity contribution in [3.05, 3.63) is 29.3 Å². The van der Waals surface area contributed by atoms with Gasteiger partial charge in [-0.1, -0.05) is 0 Å². The summed E-state index contributed by atoms with van der Waals surface area (Å²) in [5.41, 5.74) is 0.820. The summed E-state index contributed by atoms with van der Waals surface area (Å²) < 4.78 is 0. The molecule has 3 rings (SSSR count). The molecule has 2 N–H and O–H groups in total. The average Bonchev–Trinajstić information content (AvgIpc) is 3.14. The lowest BCUT2D eigenvalue weighted by atomic mass is 10.3. The second kappa shape index (κ2) is 8.37. The quantitative estimate of drug-likeness (QED) is 0.807. The average molecular weight is 360 g/mol. The molecule has 0 unspecified atom stereocenters. The molecule has 134 valence electrons. The molecule has 3 heterocycles. The van der Waals surface area contributed by atoms with E-state index < -0.39 is 0 Å². The zero-order valence-electron chi connectivity index (χ0n) is 14.7. The number of hydrogen-bond acceptors (Lipinski definition) is 7. The Hall–Kier alpha value is -2.03. The van der Waals surface area contributed by atoms with Crippen LogP contribution >= 0.6 is 11.3 Å². The van der Waals surface area contributed by atoms with Gasteiger partial charge >= 0.3 is 0 Å². The molecule has 0 spiro atoms. The summed E-state index contributed by atoms with van der Waals surface area (Å²) in [7, 11) is 3.93. The van der Waals surface area contributed by atoms with E-state index in [9.17, 15) is 4.79 Å². The van der Waals surface area contributed by atoms with Crippen LogP contribution in [-0.4, -0.2) is 79.0 Å². The maximum atomic E-state index is 12.3. The molecule has 2 aromatic rings. The minimum atomic E-state index is -0.0201. The van der Waals surface area contributed by atoms with Gasteiger partial charge in [0.25, 0.3) is 5.91 Å². The third-order valence-corrected chi connectivity index (χ3v) is 5.38. The summed E-state index contributed by atoms with van der Waals surface area (Å²) in [6, 6.07) is 5.63. The summed E-state index contributed by atoms with van der Waals surface area (Å²) in [4.78, 5) is 27.2. The van der Waals surface area contributed by atoms with Crippen molar-refractivity contribution in [3.63, 3.8) is 0 Å². The van der Waals surface area contributed by atoms with Crippen molar-refractivity contribution >= 4 is 23.2 Å². The van der Waals surface area contributed by atoms with Crippen LogP contribution in [0.25, 0.3) is 10.6 Å². The van der Waals surface area contributed by atoms with E-state index in [0.29, 0.717) is 17.4 Å². The molecule has 1 fully saturated rings. The van der Waals surface area contributed by atoms with Crippen molar-refractivity contribution in [1.29, 1.82) is 0 Å². The third-order valence-electron chi connectivity index (χ3n) is 4.27. The Kier molecular flexibility index (Phi) is 5.95. The molecule has 8 heteroatoms. The first-order valence-corrected chi connectivity index (χ1v) is 9.27. The fraction of sp³-hybridized carbons (Fsp3) is 0.471. The summed E-state index contributed by atoms with van der Waals surface area (Å²) in [5, 5.41) is 5.94. The van der Waals surface area contributed by atoms with E-state index in [1.165, 1.54) is 11.3 Å². The van der Waals surface area contributed by atoms with Crippen LogP contribution in [0.4, 0.5) is 5.95 Å². The van der Waals surface area contributed by atoms with Crippen molar-refractivity contribution in [1.82, 2.24) is 25.1 Å². The lowest BCUT2D eigenvalue weighted by molar-refractivity contribution is 0.0945. The molecular weight excluding hydrogens is 336 g/mol. The number of likely N-dealkylation sites (N-methyl/N-ethyl adjacent to an activating group) is 1. The minimum absolute atomic E-state index is 0.0201. The predicted molar refractivity (Wildman–Crippen MR) is 101 cm³/mol. The first kappa shape index (κ1) is 17.8. The topological polar surface area (TPSA) is 73.4 Å². The Morgan fingerprint density at radius 1 is 1.24 bits per heavy atom. The molecule has 0 atom stereocenters. The van der Waals surface area contributed by atoms with Crippen molar-refractivity contribution in [3.8, 4) is 10.6 Å². The monoisotopic (exact) mass is 360 g/mol. The maximum absolute atomic E-state index is 12.3. The van der Waals surface area contributed by atoms with E-state index in [1.54, 1.807) is 13.2 Å². The number of piperazine rings is 1. The Morgan fingerprint density at radius 3 is 2.80 bits per heavy atom. The van der Waals surface area contributed by atoms with E-state index in [1.807, 2.05) is 18.2 Å². The van der Waals surface area contributed by atoms with Gasteiger partial charge in [-0.15, -0.1) is 11.3 Å². The van der Waals surface area contributed by atoms with Gasteiger partial charge in [-0.3, -0.25) is 9.69 Å². The number of nitrogens with zero attached hydrogens (tertiary/aromatic N) is 4. The highest BCUT2D eigenvalue weighted by atomic mass is 32.1. The number of hydrogen-bond donors (Lipinski definition) is 2. The van der Waals surface area contributed by atoms with Crippen LogP contribution < -0.4 is 10.6 Å². The van der Waals surface area contributed by atoms with Gasteiger partial charge in [0.1, 0.15) is 0 Å². The number of anilines is 1. The Bertz CT molecular complexity index is 711. The van der Waals surface area contributed by atoms with Crippen LogP contribution in [0.15, 0.2) is 24.4 Å². The normalized spacial score (nSPS) is 15.9. The molecule has 2 aromatic heterocycles. The second-order valence-electron chi connectivity index (χ2n) is 6.08. The Balaban J connectivity index is 1.52. The lowest BCUT2D eigenvalue weighted by Gasteiger charge is -2.32. The van der Waals surface area contributed by atoms with Crippen LogP contribution in [0.2, 0.25) is 0 Å². The standard InChI is InChI=1S/C17H24N6OS/c1-18-17-20-6-5-13(21-17)14-3-4-15(25-14)16(24)19-7-8-23-11-9-22(2)10-12-23/h3-6H,7-12H2,1-2H3,(H,19,24)(H,18,20,21). The van der Waals surface area contributed by atoms with Gasteiger partial charge < -0.3 is 15.5 Å². The molecule has 7 nitrogen and oxygen atoms in total. The van der Waals surface area contributed by atoms with E-state index in [0.717, 1.165) is 43.3 Å². The highest BCUT2D eigenvalue weighted by Gasteiger charge is 2.15. The molecule has 1 aliphatic rings.